The molecule has 2 aromatic heterocycles. The van der Waals surface area contributed by atoms with Crippen molar-refractivity contribution in [3.05, 3.63) is 44.0 Å². The first-order valence-electron chi connectivity index (χ1n) is 14.8. The third kappa shape index (κ3) is 8.58. The van der Waals surface area contributed by atoms with Gasteiger partial charge in [-0.1, -0.05) is 27.7 Å². The predicted molar refractivity (Wildman–Crippen MR) is 166 cm³/mol. The number of aromatic hydroxyl groups is 2. The summed E-state index contributed by atoms with van der Waals surface area (Å²) in [5.74, 6) is 2.11. The van der Waals surface area contributed by atoms with Gasteiger partial charge >= 0.3 is 0 Å². The Morgan fingerprint density at radius 3 is 1.51 bits per heavy atom. The number of thioether (sulfide) groups is 2. The number of rotatable bonds is 16. The summed E-state index contributed by atoms with van der Waals surface area (Å²) in [5.41, 5.74) is 1.30. The molecular weight excluding hydrogens is 560 g/mol. The summed E-state index contributed by atoms with van der Waals surface area (Å²) in [7, 11) is 0. The Morgan fingerprint density at radius 2 is 1.10 bits per heavy atom. The molecule has 2 aromatic rings. The monoisotopic (exact) mass is 606 g/mol. The van der Waals surface area contributed by atoms with Crippen LogP contribution in [0.4, 0.5) is 0 Å². The van der Waals surface area contributed by atoms with Crippen molar-refractivity contribution in [3.8, 4) is 11.8 Å². The molecule has 0 spiro atoms. The van der Waals surface area contributed by atoms with Gasteiger partial charge in [0.05, 0.1) is 0 Å². The smallest absolute Gasteiger partial charge is 0.254 e. The van der Waals surface area contributed by atoms with E-state index in [1.807, 2.05) is 0 Å². The summed E-state index contributed by atoms with van der Waals surface area (Å²) in [6.45, 7) is 12.1. The number of fused-ring (bicyclic) bond motifs is 2. The Morgan fingerprint density at radius 1 is 0.707 bits per heavy atom. The van der Waals surface area contributed by atoms with Crippen molar-refractivity contribution in [2.75, 3.05) is 37.9 Å². The van der Waals surface area contributed by atoms with Crippen LogP contribution in [0.3, 0.4) is 0 Å². The largest absolute Gasteiger partial charge is 0.494 e. The number of nitrogens with zero attached hydrogens (tertiary/aromatic N) is 2. The van der Waals surface area contributed by atoms with Crippen molar-refractivity contribution in [2.24, 2.45) is 10.8 Å². The molecule has 228 valence electrons. The molecule has 0 aliphatic carbocycles. The van der Waals surface area contributed by atoms with Gasteiger partial charge in [-0.3, -0.25) is 18.7 Å². The van der Waals surface area contributed by atoms with Gasteiger partial charge in [-0.2, -0.15) is 0 Å². The van der Waals surface area contributed by atoms with Crippen molar-refractivity contribution in [3.63, 3.8) is 0 Å². The molecule has 4 heterocycles. The molecule has 2 N–H and O–H groups in total. The molecule has 0 saturated heterocycles. The van der Waals surface area contributed by atoms with Gasteiger partial charge in [0.25, 0.3) is 11.1 Å². The molecule has 0 amide bonds. The normalized spacial score (nSPS) is 14.9. The molecule has 0 bridgehead atoms. The zero-order valence-corrected chi connectivity index (χ0v) is 26.6. The van der Waals surface area contributed by atoms with Crippen LogP contribution in [0.1, 0.15) is 70.9 Å². The quantitative estimate of drug-likeness (QED) is 0.243. The maximum atomic E-state index is 12.5. The molecule has 0 radical (unpaired) electrons. The highest BCUT2D eigenvalue weighted by atomic mass is 32.2. The third-order valence-electron chi connectivity index (χ3n) is 7.94. The van der Waals surface area contributed by atoms with Gasteiger partial charge in [-0.25, -0.2) is 0 Å². The molecule has 0 unspecified atom stereocenters. The first-order valence-corrected chi connectivity index (χ1v) is 16.8. The third-order valence-corrected chi connectivity index (χ3v) is 10.1. The van der Waals surface area contributed by atoms with Gasteiger partial charge in [-0.05, 0) is 55.8 Å². The van der Waals surface area contributed by atoms with Crippen LogP contribution in [-0.2, 0) is 35.4 Å². The molecule has 2 aliphatic rings. The molecule has 8 nitrogen and oxygen atoms in total. The van der Waals surface area contributed by atoms with E-state index in [4.69, 9.17) is 9.47 Å². The molecular formula is C31H46N2O6S2. The van der Waals surface area contributed by atoms with E-state index < -0.39 is 0 Å². The zero-order chi connectivity index (χ0) is 29.6. The number of hydrogen-bond donors (Lipinski definition) is 2. The Kier molecular flexibility index (Phi) is 11.0. The van der Waals surface area contributed by atoms with Gasteiger partial charge in [0, 0.05) is 84.1 Å². The van der Waals surface area contributed by atoms with E-state index in [0.29, 0.717) is 39.5 Å². The summed E-state index contributed by atoms with van der Waals surface area (Å²) in [4.78, 5) is 26.9. The van der Waals surface area contributed by atoms with Crippen LogP contribution in [0.2, 0.25) is 0 Å². The van der Waals surface area contributed by atoms with E-state index in [2.05, 4.69) is 27.7 Å². The first-order chi connectivity index (χ1) is 19.5. The predicted octanol–water partition coefficient (Wildman–Crippen LogP) is 5.45. The Hall–Kier alpha value is -1.88. The molecule has 0 fully saturated rings. The Bertz CT molecular complexity index is 1220. The van der Waals surface area contributed by atoms with Crippen LogP contribution >= 0.6 is 23.5 Å². The van der Waals surface area contributed by atoms with Crippen molar-refractivity contribution in [2.45, 2.75) is 95.5 Å². The fourth-order valence-electron chi connectivity index (χ4n) is 5.66. The van der Waals surface area contributed by atoms with E-state index in [1.54, 1.807) is 35.7 Å². The summed E-state index contributed by atoms with van der Waals surface area (Å²) in [6, 6.07) is 3.33. The van der Waals surface area contributed by atoms with E-state index in [9.17, 15) is 19.8 Å². The van der Waals surface area contributed by atoms with Gasteiger partial charge < -0.3 is 19.7 Å². The van der Waals surface area contributed by atoms with Crippen LogP contribution in [0, 0.1) is 10.8 Å². The summed E-state index contributed by atoms with van der Waals surface area (Å²) >= 11 is 3.28. The standard InChI is InChI=1S/C31H46N2O6S2/c1-30(2,20-32-26(34)18-24-22(28(32)36)8-16-40-24)10-5-12-38-14-7-15-39-13-6-11-31(3,4)21-33-27(35)19-25-23(29(33)37)9-17-41-25/h18-19,36-37H,5-17,20-21H2,1-4H3. The van der Waals surface area contributed by atoms with Crippen LogP contribution < -0.4 is 11.1 Å². The molecule has 10 heteroatoms. The molecule has 0 atom stereocenters. The van der Waals surface area contributed by atoms with E-state index in [1.165, 1.54) is 9.13 Å². The number of pyridine rings is 2. The lowest BCUT2D eigenvalue weighted by Crippen LogP contribution is -2.29. The molecule has 4 rings (SSSR count). The highest BCUT2D eigenvalue weighted by Gasteiger charge is 2.26. The van der Waals surface area contributed by atoms with E-state index >= 15 is 0 Å². The maximum Gasteiger partial charge on any atom is 0.254 e. The fourth-order valence-corrected chi connectivity index (χ4v) is 7.81. The van der Waals surface area contributed by atoms with Crippen LogP contribution in [0.5, 0.6) is 11.8 Å². The van der Waals surface area contributed by atoms with Gasteiger partial charge in [0.15, 0.2) is 11.8 Å². The second-order valence-corrected chi connectivity index (χ2v) is 15.1. The van der Waals surface area contributed by atoms with Gasteiger partial charge in [0.2, 0.25) is 0 Å². The lowest BCUT2D eigenvalue weighted by Gasteiger charge is -2.26. The van der Waals surface area contributed by atoms with Crippen molar-refractivity contribution in [1.82, 2.24) is 9.13 Å². The minimum absolute atomic E-state index is 0.128. The maximum absolute atomic E-state index is 12.5. The number of aromatic nitrogens is 2. The lowest BCUT2D eigenvalue weighted by molar-refractivity contribution is 0.0720. The lowest BCUT2D eigenvalue weighted by atomic mass is 9.87. The number of ether oxygens (including phenoxy) is 2. The highest BCUT2D eigenvalue weighted by molar-refractivity contribution is 7.99. The summed E-state index contributed by atoms with van der Waals surface area (Å²) in [5, 5.41) is 21.3. The number of hydrogen-bond acceptors (Lipinski definition) is 8. The zero-order valence-electron chi connectivity index (χ0n) is 25.0. The summed E-state index contributed by atoms with van der Waals surface area (Å²) in [6.07, 6.45) is 6.02. The SMILES string of the molecule is CC(C)(CCCOCCCOCCCC(C)(C)Cn1c(O)c2c(cc1=O)SCC2)Cn1c(O)c2c(cc1=O)SCC2. The van der Waals surface area contributed by atoms with Crippen molar-refractivity contribution < 1.29 is 19.7 Å². The molecule has 41 heavy (non-hydrogen) atoms. The van der Waals surface area contributed by atoms with E-state index in [-0.39, 0.29) is 33.7 Å². The van der Waals surface area contributed by atoms with Crippen LogP contribution in [0.25, 0.3) is 0 Å². The minimum Gasteiger partial charge on any atom is -0.494 e. The second kappa shape index (κ2) is 14.1. The second-order valence-electron chi connectivity index (χ2n) is 12.8. The van der Waals surface area contributed by atoms with Crippen molar-refractivity contribution >= 4 is 23.5 Å². The Balaban J connectivity index is 1.06. The minimum atomic E-state index is -0.131. The van der Waals surface area contributed by atoms with E-state index in [0.717, 1.165) is 77.4 Å². The summed E-state index contributed by atoms with van der Waals surface area (Å²) < 4.78 is 14.7. The Labute approximate surface area is 251 Å². The van der Waals surface area contributed by atoms with Crippen LogP contribution in [0.15, 0.2) is 31.5 Å². The van der Waals surface area contributed by atoms with Crippen molar-refractivity contribution in [1.29, 1.82) is 0 Å². The molecule has 0 saturated carbocycles. The molecule has 2 aliphatic heterocycles. The van der Waals surface area contributed by atoms with Gasteiger partial charge in [-0.15, -0.1) is 23.5 Å². The van der Waals surface area contributed by atoms with Crippen LogP contribution in [-0.4, -0.2) is 57.3 Å². The average molecular weight is 607 g/mol. The topological polar surface area (TPSA) is 103 Å². The van der Waals surface area contributed by atoms with Gasteiger partial charge in [0.1, 0.15) is 0 Å². The molecule has 0 aromatic carbocycles. The average Bonchev–Trinajstić information content (AvgIpc) is 3.57. The first kappa shape index (κ1) is 32.0. The fraction of sp³-hybridized carbons (Fsp3) is 0.677. The highest BCUT2D eigenvalue weighted by Crippen LogP contribution is 2.37.